The Labute approximate surface area is 389 Å². The van der Waals surface area contributed by atoms with E-state index in [4.69, 9.17) is 18.5 Å². The van der Waals surface area contributed by atoms with Crippen molar-refractivity contribution in [3.05, 3.63) is 0 Å². The molecule has 0 aromatic carbocycles. The number of unbranched alkanes of at least 4 members (excludes halogenated alkanes) is 33. The molecule has 6 N–H and O–H groups in total. The van der Waals surface area contributed by atoms with Crippen LogP contribution in [0.1, 0.15) is 251 Å². The van der Waals surface area contributed by atoms with Crippen molar-refractivity contribution in [1.82, 2.24) is 0 Å². The first kappa shape index (κ1) is 60.9. The maximum atomic E-state index is 12.6. The molecule has 0 aromatic heterocycles. The zero-order valence-electron chi connectivity index (χ0n) is 40.6. The van der Waals surface area contributed by atoms with Crippen molar-refractivity contribution >= 4 is 19.8 Å². The van der Waals surface area contributed by atoms with E-state index in [1.165, 1.54) is 193 Å². The van der Waals surface area contributed by atoms with Gasteiger partial charge in [0.1, 0.15) is 43.2 Å². The third-order valence-corrected chi connectivity index (χ3v) is 13.7. The van der Waals surface area contributed by atoms with Gasteiger partial charge in [-0.2, -0.15) is 0 Å². The van der Waals surface area contributed by atoms with Crippen LogP contribution in [-0.4, -0.2) is 98.3 Å². The van der Waals surface area contributed by atoms with Crippen molar-refractivity contribution in [3.63, 3.8) is 0 Å². The van der Waals surface area contributed by atoms with Crippen LogP contribution in [0.2, 0.25) is 0 Å². The summed E-state index contributed by atoms with van der Waals surface area (Å²) in [4.78, 5) is 34.7. The molecule has 1 saturated carbocycles. The van der Waals surface area contributed by atoms with E-state index >= 15 is 0 Å². The summed E-state index contributed by atoms with van der Waals surface area (Å²) in [7, 11) is -5.08. The number of aliphatic hydroxyl groups is 5. The molecule has 380 valence electrons. The van der Waals surface area contributed by atoms with E-state index in [1.54, 1.807) is 6.92 Å². The van der Waals surface area contributed by atoms with E-state index < -0.39 is 75.7 Å². The third-order valence-electron chi connectivity index (χ3n) is 12.7. The van der Waals surface area contributed by atoms with E-state index in [9.17, 15) is 44.6 Å². The van der Waals surface area contributed by atoms with Gasteiger partial charge in [0.05, 0.1) is 6.61 Å². The lowest BCUT2D eigenvalue weighted by molar-refractivity contribution is -0.220. The second-order valence-electron chi connectivity index (χ2n) is 18.7. The van der Waals surface area contributed by atoms with Crippen molar-refractivity contribution in [2.24, 2.45) is 0 Å². The van der Waals surface area contributed by atoms with Crippen LogP contribution in [0.3, 0.4) is 0 Å². The lowest BCUT2D eigenvalue weighted by Gasteiger charge is -2.41. The van der Waals surface area contributed by atoms with Crippen LogP contribution in [-0.2, 0) is 32.7 Å². The minimum atomic E-state index is -5.08. The molecule has 0 radical (unpaired) electrons. The fourth-order valence-electron chi connectivity index (χ4n) is 8.51. The van der Waals surface area contributed by atoms with Gasteiger partial charge in [0.15, 0.2) is 6.10 Å². The Balaban J connectivity index is 1.95. The highest BCUT2D eigenvalue weighted by Gasteiger charge is 2.51. The van der Waals surface area contributed by atoms with Crippen molar-refractivity contribution in [2.75, 3.05) is 13.2 Å². The molecule has 0 aliphatic heterocycles. The molecule has 1 rings (SSSR count). The second-order valence-corrected chi connectivity index (χ2v) is 20.2. The predicted octanol–water partition coefficient (Wildman–Crippen LogP) is 11.2. The summed E-state index contributed by atoms with van der Waals surface area (Å²) in [5.41, 5.74) is 0. The molecule has 0 amide bonds. The predicted molar refractivity (Wildman–Crippen MR) is 254 cm³/mol. The summed E-state index contributed by atoms with van der Waals surface area (Å²) in [6.07, 6.45) is 33.1. The Hall–Kier alpha value is -1.15. The van der Waals surface area contributed by atoms with E-state index in [1.807, 2.05) is 0 Å². The first-order chi connectivity index (χ1) is 30.9. The summed E-state index contributed by atoms with van der Waals surface area (Å²) < 4.78 is 32.8. The normalized spacial score (nSPS) is 21.4. The number of phosphoric ester groups is 1. The van der Waals surface area contributed by atoms with Gasteiger partial charge in [-0.1, -0.05) is 226 Å². The number of esters is 2. The maximum absolute atomic E-state index is 12.6. The van der Waals surface area contributed by atoms with Crippen LogP contribution in [0.4, 0.5) is 0 Å². The Morgan fingerprint density at radius 2 is 0.734 bits per heavy atom. The van der Waals surface area contributed by atoms with Crippen LogP contribution in [0.5, 0.6) is 0 Å². The van der Waals surface area contributed by atoms with Gasteiger partial charge < -0.3 is 39.9 Å². The first-order valence-electron chi connectivity index (χ1n) is 26.3. The van der Waals surface area contributed by atoms with E-state index in [-0.39, 0.29) is 12.8 Å². The Morgan fingerprint density at radius 1 is 0.422 bits per heavy atom. The van der Waals surface area contributed by atoms with Gasteiger partial charge in [-0.3, -0.25) is 18.6 Å². The highest BCUT2D eigenvalue weighted by Crippen LogP contribution is 2.47. The number of aliphatic hydroxyl groups excluding tert-OH is 5. The molecule has 14 heteroatoms. The fourth-order valence-corrected chi connectivity index (χ4v) is 9.48. The van der Waals surface area contributed by atoms with Crippen molar-refractivity contribution in [1.29, 1.82) is 0 Å². The average molecular weight is 937 g/mol. The average Bonchev–Trinajstić information content (AvgIpc) is 3.27. The minimum Gasteiger partial charge on any atom is -0.462 e. The highest BCUT2D eigenvalue weighted by atomic mass is 31.2. The lowest BCUT2D eigenvalue weighted by Crippen LogP contribution is -2.64. The summed E-state index contributed by atoms with van der Waals surface area (Å²) in [5.74, 6) is -1.15. The molecule has 8 atom stereocenters. The number of phosphoric acid groups is 1. The smallest absolute Gasteiger partial charge is 0.462 e. The lowest BCUT2D eigenvalue weighted by atomic mass is 9.85. The number of ether oxygens (including phenoxy) is 2. The van der Waals surface area contributed by atoms with Gasteiger partial charge in [0, 0.05) is 12.8 Å². The molecule has 13 nitrogen and oxygen atoms in total. The molecule has 64 heavy (non-hydrogen) atoms. The molecule has 0 bridgehead atoms. The molecular formula is C50H97O13P. The van der Waals surface area contributed by atoms with E-state index in [0.717, 1.165) is 19.3 Å². The summed E-state index contributed by atoms with van der Waals surface area (Å²) in [6, 6.07) is 0. The summed E-state index contributed by atoms with van der Waals surface area (Å²) >= 11 is 0. The number of carbonyl (C=O) groups is 2. The highest BCUT2D eigenvalue weighted by molar-refractivity contribution is 7.47. The molecule has 6 unspecified atom stereocenters. The van der Waals surface area contributed by atoms with Crippen molar-refractivity contribution < 1.29 is 63.1 Å². The SMILES string of the molecule is CCCCCCCCCCCCCCCCCCCCCCCCCCCCCCCCCCCCC(=O)OC[C@H](COP(=O)(O)OC1C(O)C(O)C(O)[C@@H](O)C1O)OC(=O)CCC. The van der Waals surface area contributed by atoms with Crippen LogP contribution < -0.4 is 0 Å². The summed E-state index contributed by atoms with van der Waals surface area (Å²) in [6.45, 7) is 2.88. The molecular weight excluding hydrogens is 840 g/mol. The van der Waals surface area contributed by atoms with Crippen molar-refractivity contribution in [2.45, 2.75) is 294 Å². The minimum absolute atomic E-state index is 0.0516. The van der Waals surface area contributed by atoms with Crippen LogP contribution >= 0.6 is 7.82 Å². The zero-order chi connectivity index (χ0) is 47.1. The van der Waals surface area contributed by atoms with Crippen molar-refractivity contribution in [3.8, 4) is 0 Å². The molecule has 1 aliphatic rings. The third kappa shape index (κ3) is 32.5. The van der Waals surface area contributed by atoms with Gasteiger partial charge in [0.2, 0.25) is 0 Å². The van der Waals surface area contributed by atoms with Gasteiger partial charge in [-0.25, -0.2) is 4.57 Å². The van der Waals surface area contributed by atoms with Crippen LogP contribution in [0.15, 0.2) is 0 Å². The fraction of sp³-hybridized carbons (Fsp3) is 0.960. The molecule has 0 saturated heterocycles. The maximum Gasteiger partial charge on any atom is 0.472 e. The number of rotatable bonds is 45. The number of hydrogen-bond acceptors (Lipinski definition) is 12. The monoisotopic (exact) mass is 937 g/mol. The number of carbonyl (C=O) groups excluding carboxylic acids is 2. The zero-order valence-corrected chi connectivity index (χ0v) is 41.5. The standard InChI is InChI=1S/C50H97O13P/c1-3-5-6-7-8-9-10-11-12-13-14-15-16-17-18-19-20-21-22-23-24-25-26-27-28-29-30-31-32-33-34-35-36-37-39-43(51)60-40-42(62-44(52)38-4-2)41-61-64(58,59)63-50-48(56)46(54)45(53)47(55)49(50)57/h42,45-50,53-57H,3-41H2,1-2H3,(H,58,59)/t42-,45?,46-,47?,48?,49?,50?/m1/s1. The van der Waals surface area contributed by atoms with Gasteiger partial charge in [-0.15, -0.1) is 0 Å². The topological polar surface area (TPSA) is 210 Å². The van der Waals surface area contributed by atoms with Crippen LogP contribution in [0.25, 0.3) is 0 Å². The van der Waals surface area contributed by atoms with E-state index in [0.29, 0.717) is 12.8 Å². The second kappa shape index (κ2) is 40.9. The van der Waals surface area contributed by atoms with E-state index in [2.05, 4.69) is 6.92 Å². The molecule has 0 heterocycles. The largest absolute Gasteiger partial charge is 0.472 e. The molecule has 1 aliphatic carbocycles. The Morgan fingerprint density at radius 3 is 1.06 bits per heavy atom. The quantitative estimate of drug-likeness (QED) is 0.0191. The molecule has 1 fully saturated rings. The first-order valence-corrected chi connectivity index (χ1v) is 27.8. The van der Waals surface area contributed by atoms with Gasteiger partial charge in [0.25, 0.3) is 0 Å². The number of hydrogen-bond donors (Lipinski definition) is 6. The molecule has 0 spiro atoms. The Kier molecular flexibility index (Phi) is 38.9. The van der Waals surface area contributed by atoms with Gasteiger partial charge >= 0.3 is 19.8 Å². The Bertz CT molecular complexity index is 1130. The van der Waals surface area contributed by atoms with Crippen LogP contribution in [0, 0.1) is 0 Å². The molecule has 0 aromatic rings. The summed E-state index contributed by atoms with van der Waals surface area (Å²) in [5, 5.41) is 49.7. The van der Waals surface area contributed by atoms with Gasteiger partial charge in [-0.05, 0) is 12.8 Å².